The van der Waals surface area contributed by atoms with Crippen molar-refractivity contribution in [2.24, 2.45) is 0 Å². The molecular weight excluding hydrogens is 350 g/mol. The van der Waals surface area contributed by atoms with Crippen molar-refractivity contribution in [3.05, 3.63) is 20.8 Å². The van der Waals surface area contributed by atoms with Gasteiger partial charge in [-0.05, 0) is 22.0 Å². The van der Waals surface area contributed by atoms with Gasteiger partial charge in [0.25, 0.3) is 0 Å². The fraction of sp³-hybridized carbons (Fsp3) is 0.636. The summed E-state index contributed by atoms with van der Waals surface area (Å²) in [6, 6.07) is 1.93. The first-order valence-corrected chi connectivity index (χ1v) is 9.51. The van der Waals surface area contributed by atoms with Gasteiger partial charge >= 0.3 is 0 Å². The van der Waals surface area contributed by atoms with Crippen LogP contribution in [0, 0.1) is 0 Å². The lowest BCUT2D eigenvalue weighted by molar-refractivity contribution is 0.253. The van der Waals surface area contributed by atoms with Gasteiger partial charge in [0.2, 0.25) is 10.0 Å². The van der Waals surface area contributed by atoms with E-state index in [2.05, 4.69) is 30.9 Å². The third kappa shape index (κ3) is 5.49. The van der Waals surface area contributed by atoms with Crippen molar-refractivity contribution in [3.63, 3.8) is 0 Å². The van der Waals surface area contributed by atoms with Crippen molar-refractivity contribution in [2.45, 2.75) is 6.54 Å². The van der Waals surface area contributed by atoms with Crippen LogP contribution in [0.1, 0.15) is 4.88 Å². The van der Waals surface area contributed by atoms with E-state index in [0.717, 1.165) is 35.5 Å². The van der Waals surface area contributed by atoms with Gasteiger partial charge in [-0.2, -0.15) is 0 Å². The maximum atomic E-state index is 11.9. The number of nitrogens with zero attached hydrogens (tertiary/aromatic N) is 1. The summed E-state index contributed by atoms with van der Waals surface area (Å²) < 4.78 is 27.4. The Kier molecular flexibility index (Phi) is 5.79. The van der Waals surface area contributed by atoms with Crippen molar-refractivity contribution in [2.75, 3.05) is 38.5 Å². The van der Waals surface area contributed by atoms with Crippen LogP contribution in [0.2, 0.25) is 0 Å². The molecule has 0 spiro atoms. The van der Waals surface area contributed by atoms with E-state index < -0.39 is 10.0 Å². The maximum Gasteiger partial charge on any atom is 0.213 e. The smallest absolute Gasteiger partial charge is 0.213 e. The van der Waals surface area contributed by atoms with Crippen molar-refractivity contribution in [1.29, 1.82) is 0 Å². The summed E-state index contributed by atoms with van der Waals surface area (Å²) in [5.74, 6) is 0.166. The van der Waals surface area contributed by atoms with Gasteiger partial charge in [0.15, 0.2) is 0 Å². The lowest BCUT2D eigenvalue weighted by atomic mass is 10.4. The van der Waals surface area contributed by atoms with E-state index in [1.807, 2.05) is 11.4 Å². The number of halogens is 1. The van der Waals surface area contributed by atoms with Gasteiger partial charge in [-0.1, -0.05) is 0 Å². The Bertz CT molecular complexity index is 498. The Balaban J connectivity index is 1.75. The predicted molar refractivity (Wildman–Crippen MR) is 82.0 cm³/mol. The van der Waals surface area contributed by atoms with E-state index in [1.54, 1.807) is 11.3 Å². The van der Waals surface area contributed by atoms with Crippen LogP contribution < -0.4 is 10.0 Å². The van der Waals surface area contributed by atoms with Gasteiger partial charge in [0, 0.05) is 54.0 Å². The highest BCUT2D eigenvalue weighted by Gasteiger charge is 2.15. The molecule has 1 aliphatic rings. The molecule has 8 heteroatoms. The fourth-order valence-corrected chi connectivity index (χ4v) is 4.38. The number of rotatable bonds is 6. The second kappa shape index (κ2) is 7.14. The molecule has 108 valence electrons. The molecule has 1 saturated heterocycles. The van der Waals surface area contributed by atoms with Crippen LogP contribution >= 0.6 is 27.3 Å². The lowest BCUT2D eigenvalue weighted by Crippen LogP contribution is -2.45. The summed E-state index contributed by atoms with van der Waals surface area (Å²) in [7, 11) is -3.19. The Morgan fingerprint density at radius 3 is 2.79 bits per heavy atom. The first kappa shape index (κ1) is 15.4. The average Bonchev–Trinajstić information content (AvgIpc) is 2.82. The molecule has 1 aromatic rings. The summed E-state index contributed by atoms with van der Waals surface area (Å²) in [5.41, 5.74) is 0. The van der Waals surface area contributed by atoms with E-state index in [-0.39, 0.29) is 5.75 Å². The molecule has 2 rings (SSSR count). The summed E-state index contributed by atoms with van der Waals surface area (Å²) in [4.78, 5) is 3.19. The van der Waals surface area contributed by atoms with Gasteiger partial charge in [0.1, 0.15) is 0 Å². The Morgan fingerprint density at radius 2 is 2.16 bits per heavy atom. The molecule has 1 fully saturated rings. The highest BCUT2D eigenvalue weighted by Crippen LogP contribution is 2.19. The zero-order chi connectivity index (χ0) is 13.7. The molecule has 0 saturated carbocycles. The molecule has 2 heterocycles. The molecule has 0 unspecified atom stereocenters. The Labute approximate surface area is 126 Å². The molecule has 0 aromatic carbocycles. The molecule has 0 aliphatic carbocycles. The van der Waals surface area contributed by atoms with Crippen LogP contribution in [0.5, 0.6) is 0 Å². The van der Waals surface area contributed by atoms with Crippen molar-refractivity contribution < 1.29 is 8.42 Å². The third-order valence-corrected chi connectivity index (χ3v) is 5.98. The maximum absolute atomic E-state index is 11.9. The van der Waals surface area contributed by atoms with Crippen LogP contribution in [0.4, 0.5) is 0 Å². The van der Waals surface area contributed by atoms with E-state index in [9.17, 15) is 8.42 Å². The van der Waals surface area contributed by atoms with E-state index >= 15 is 0 Å². The van der Waals surface area contributed by atoms with Crippen LogP contribution in [0.3, 0.4) is 0 Å². The summed E-state index contributed by atoms with van der Waals surface area (Å²) in [5, 5.41) is 5.20. The molecule has 0 amide bonds. The van der Waals surface area contributed by atoms with Gasteiger partial charge < -0.3 is 5.32 Å². The molecule has 5 nitrogen and oxygen atoms in total. The van der Waals surface area contributed by atoms with Gasteiger partial charge in [0.05, 0.1) is 5.75 Å². The Morgan fingerprint density at radius 1 is 1.42 bits per heavy atom. The molecule has 1 aromatic heterocycles. The lowest BCUT2D eigenvalue weighted by Gasteiger charge is -2.26. The number of nitrogens with one attached hydrogen (secondary N) is 2. The van der Waals surface area contributed by atoms with Crippen LogP contribution in [0.15, 0.2) is 15.9 Å². The number of hydrogen-bond donors (Lipinski definition) is 2. The first-order valence-electron chi connectivity index (χ1n) is 6.18. The normalized spacial score (nSPS) is 17.7. The molecule has 1 aliphatic heterocycles. The minimum absolute atomic E-state index is 0.166. The fourth-order valence-electron chi connectivity index (χ4n) is 1.88. The molecule has 19 heavy (non-hydrogen) atoms. The van der Waals surface area contributed by atoms with Crippen LogP contribution in [-0.2, 0) is 16.6 Å². The molecular formula is C11H18BrN3O2S2. The van der Waals surface area contributed by atoms with Crippen LogP contribution in [0.25, 0.3) is 0 Å². The molecule has 0 atom stereocenters. The monoisotopic (exact) mass is 367 g/mol. The van der Waals surface area contributed by atoms with Crippen LogP contribution in [-0.4, -0.2) is 51.8 Å². The van der Waals surface area contributed by atoms with Crippen molar-refractivity contribution >= 4 is 37.3 Å². The predicted octanol–water partition coefficient (Wildman–Crippen LogP) is 0.835. The summed E-state index contributed by atoms with van der Waals surface area (Å²) in [6.07, 6.45) is 0. The van der Waals surface area contributed by atoms with Gasteiger partial charge in [-0.15, -0.1) is 11.3 Å². The average molecular weight is 368 g/mol. The zero-order valence-electron chi connectivity index (χ0n) is 10.6. The SMILES string of the molecule is O=S(=O)(CCN1CCNCC1)NCc1cc(Br)cs1. The number of thiophene rings is 1. The van der Waals surface area contributed by atoms with E-state index in [0.29, 0.717) is 13.1 Å². The topological polar surface area (TPSA) is 61.4 Å². The zero-order valence-corrected chi connectivity index (χ0v) is 13.8. The summed E-state index contributed by atoms with van der Waals surface area (Å²) >= 11 is 4.90. The second-order valence-corrected chi connectivity index (χ2v) is 8.30. The second-order valence-electron chi connectivity index (χ2n) is 4.46. The molecule has 2 N–H and O–H groups in total. The largest absolute Gasteiger partial charge is 0.314 e. The number of sulfonamides is 1. The highest BCUT2D eigenvalue weighted by molar-refractivity contribution is 9.10. The number of hydrogen-bond acceptors (Lipinski definition) is 5. The molecule has 0 bridgehead atoms. The Hall–Kier alpha value is 0.01000. The minimum Gasteiger partial charge on any atom is -0.314 e. The third-order valence-electron chi connectivity index (χ3n) is 2.97. The van der Waals surface area contributed by atoms with E-state index in [4.69, 9.17) is 0 Å². The number of piperazine rings is 1. The van der Waals surface area contributed by atoms with Gasteiger partial charge in [-0.25, -0.2) is 13.1 Å². The van der Waals surface area contributed by atoms with E-state index in [1.165, 1.54) is 0 Å². The summed E-state index contributed by atoms with van der Waals surface area (Å²) in [6.45, 7) is 4.71. The first-order chi connectivity index (χ1) is 9.05. The van der Waals surface area contributed by atoms with Crippen molar-refractivity contribution in [3.8, 4) is 0 Å². The van der Waals surface area contributed by atoms with Gasteiger partial charge in [-0.3, -0.25) is 4.90 Å². The highest BCUT2D eigenvalue weighted by atomic mass is 79.9. The minimum atomic E-state index is -3.19. The quantitative estimate of drug-likeness (QED) is 0.781. The van der Waals surface area contributed by atoms with Crippen molar-refractivity contribution in [1.82, 2.24) is 14.9 Å². The molecule has 0 radical (unpaired) electrons. The standard InChI is InChI=1S/C11H18BrN3O2S2/c12-10-7-11(18-9-10)8-14-19(16,17)6-5-15-3-1-13-2-4-15/h7,9,13-14H,1-6,8H2.